The molecule has 0 radical (unpaired) electrons. The average Bonchev–Trinajstić information content (AvgIpc) is 3.25. The quantitative estimate of drug-likeness (QED) is 0.330. The predicted octanol–water partition coefficient (Wildman–Crippen LogP) is 4.80. The molecule has 2 heterocycles. The molecular formula is C23H31F6N3O6. The van der Waals surface area contributed by atoms with E-state index in [1.54, 1.807) is 18.7 Å². The zero-order chi connectivity index (χ0) is 29.1. The Labute approximate surface area is 215 Å². The van der Waals surface area contributed by atoms with E-state index in [1.165, 1.54) is 12.3 Å². The summed E-state index contributed by atoms with van der Waals surface area (Å²) in [7, 11) is 0. The first-order valence-corrected chi connectivity index (χ1v) is 11.7. The second-order valence-electron chi connectivity index (χ2n) is 9.04. The highest BCUT2D eigenvalue weighted by atomic mass is 19.4. The van der Waals surface area contributed by atoms with Crippen LogP contribution in [0.1, 0.15) is 58.4 Å². The fourth-order valence-corrected chi connectivity index (χ4v) is 3.32. The number of alkyl halides is 6. The minimum Gasteiger partial charge on any atom is -0.475 e. The molecule has 15 heteroatoms. The SMILES string of the molecule is CCCCOC(=O)N1CCC[C@H]1CC(=O)NC(C)(C)COc1ncccc1C(F)(F)F.O=C(O)C(F)(F)F. The van der Waals surface area contributed by atoms with Gasteiger partial charge in [0, 0.05) is 25.2 Å². The van der Waals surface area contributed by atoms with Gasteiger partial charge in [-0.1, -0.05) is 13.3 Å². The number of aromatic nitrogens is 1. The number of likely N-dealkylation sites (tertiary alicyclic amines) is 1. The number of halogens is 6. The number of carbonyl (C=O) groups is 3. The van der Waals surface area contributed by atoms with Crippen molar-refractivity contribution in [3.8, 4) is 5.88 Å². The molecule has 1 aromatic rings. The van der Waals surface area contributed by atoms with Gasteiger partial charge >= 0.3 is 24.4 Å². The predicted molar refractivity (Wildman–Crippen MR) is 121 cm³/mol. The van der Waals surface area contributed by atoms with Gasteiger partial charge in [0.05, 0.1) is 12.1 Å². The summed E-state index contributed by atoms with van der Waals surface area (Å²) in [6, 6.07) is 1.81. The third-order valence-electron chi connectivity index (χ3n) is 5.12. The van der Waals surface area contributed by atoms with Gasteiger partial charge in [-0.25, -0.2) is 14.6 Å². The molecule has 38 heavy (non-hydrogen) atoms. The number of nitrogens with zero attached hydrogens (tertiary/aromatic N) is 2. The molecule has 0 aromatic carbocycles. The molecule has 1 saturated heterocycles. The number of rotatable bonds is 9. The van der Waals surface area contributed by atoms with Crippen molar-refractivity contribution in [2.45, 2.75) is 76.8 Å². The number of aliphatic carboxylic acids is 1. The van der Waals surface area contributed by atoms with Gasteiger partial charge in [-0.3, -0.25) is 4.79 Å². The molecule has 0 saturated carbocycles. The molecule has 2 N–H and O–H groups in total. The van der Waals surface area contributed by atoms with Gasteiger partial charge in [0.15, 0.2) is 0 Å². The van der Waals surface area contributed by atoms with Crippen LogP contribution >= 0.6 is 0 Å². The lowest BCUT2D eigenvalue weighted by Crippen LogP contribution is -2.49. The molecule has 216 valence electrons. The Hall–Kier alpha value is -3.26. The highest BCUT2D eigenvalue weighted by Gasteiger charge is 2.38. The van der Waals surface area contributed by atoms with Crippen LogP contribution in [-0.2, 0) is 20.5 Å². The van der Waals surface area contributed by atoms with Gasteiger partial charge in [-0.05, 0) is 45.2 Å². The van der Waals surface area contributed by atoms with E-state index in [1.807, 2.05) is 6.92 Å². The summed E-state index contributed by atoms with van der Waals surface area (Å²) in [4.78, 5) is 38.9. The van der Waals surface area contributed by atoms with Gasteiger partial charge in [-0.2, -0.15) is 26.3 Å². The first kappa shape index (κ1) is 32.8. The molecule has 0 aliphatic carbocycles. The minimum absolute atomic E-state index is 0.0870. The topological polar surface area (TPSA) is 118 Å². The van der Waals surface area contributed by atoms with E-state index in [9.17, 15) is 35.9 Å². The molecule has 1 aliphatic heterocycles. The van der Waals surface area contributed by atoms with E-state index in [0.29, 0.717) is 19.6 Å². The van der Waals surface area contributed by atoms with Crippen molar-refractivity contribution < 1.29 is 55.3 Å². The summed E-state index contributed by atoms with van der Waals surface area (Å²) in [6.45, 7) is 5.98. The Balaban J connectivity index is 0.000000905. The lowest BCUT2D eigenvalue weighted by molar-refractivity contribution is -0.192. The molecule has 1 aliphatic rings. The Bertz CT molecular complexity index is 939. The van der Waals surface area contributed by atoms with Gasteiger partial charge in [0.1, 0.15) is 12.2 Å². The lowest BCUT2D eigenvalue weighted by Gasteiger charge is -2.29. The maximum atomic E-state index is 13.1. The van der Waals surface area contributed by atoms with Crippen molar-refractivity contribution in [1.29, 1.82) is 0 Å². The van der Waals surface area contributed by atoms with Crippen LogP contribution in [0.2, 0.25) is 0 Å². The Morgan fingerprint density at radius 3 is 2.37 bits per heavy atom. The monoisotopic (exact) mass is 559 g/mol. The highest BCUT2D eigenvalue weighted by Crippen LogP contribution is 2.34. The minimum atomic E-state index is -5.08. The van der Waals surface area contributed by atoms with E-state index in [-0.39, 0.29) is 25.0 Å². The van der Waals surface area contributed by atoms with E-state index in [0.717, 1.165) is 25.3 Å². The summed E-state index contributed by atoms with van der Waals surface area (Å²) in [5, 5.41) is 9.90. The summed E-state index contributed by atoms with van der Waals surface area (Å²) >= 11 is 0. The van der Waals surface area contributed by atoms with Crippen molar-refractivity contribution in [3.63, 3.8) is 0 Å². The van der Waals surface area contributed by atoms with Crippen LogP contribution in [0.4, 0.5) is 31.1 Å². The molecule has 0 spiro atoms. The third-order valence-corrected chi connectivity index (χ3v) is 5.12. The molecule has 2 amide bonds. The molecule has 1 atom stereocenters. The number of amides is 2. The number of nitrogens with one attached hydrogen (secondary N) is 1. The molecular weight excluding hydrogens is 528 g/mol. The van der Waals surface area contributed by atoms with Gasteiger partial charge in [0.25, 0.3) is 0 Å². The third kappa shape index (κ3) is 11.4. The summed E-state index contributed by atoms with van der Waals surface area (Å²) < 4.78 is 81.5. The van der Waals surface area contributed by atoms with Gasteiger partial charge in [-0.15, -0.1) is 0 Å². The van der Waals surface area contributed by atoms with Crippen LogP contribution in [0.15, 0.2) is 18.3 Å². The maximum Gasteiger partial charge on any atom is 0.490 e. The van der Waals surface area contributed by atoms with Crippen LogP contribution < -0.4 is 10.1 Å². The van der Waals surface area contributed by atoms with Crippen LogP contribution in [0.25, 0.3) is 0 Å². The fourth-order valence-electron chi connectivity index (χ4n) is 3.32. The second kappa shape index (κ2) is 14.0. The molecule has 0 unspecified atom stereocenters. The number of unbranched alkanes of at least 4 members (excludes halogenated alkanes) is 1. The fraction of sp³-hybridized carbons (Fsp3) is 0.652. The van der Waals surface area contributed by atoms with E-state index in [4.69, 9.17) is 19.4 Å². The second-order valence-corrected chi connectivity index (χ2v) is 9.04. The molecule has 2 rings (SSSR count). The van der Waals surface area contributed by atoms with Crippen LogP contribution in [-0.4, -0.2) is 70.5 Å². The number of hydrogen-bond acceptors (Lipinski definition) is 6. The van der Waals surface area contributed by atoms with Crippen molar-refractivity contribution in [2.75, 3.05) is 19.8 Å². The zero-order valence-corrected chi connectivity index (χ0v) is 21.1. The number of carboxylic acids is 1. The number of carboxylic acid groups (broad SMARTS) is 1. The molecule has 1 fully saturated rings. The van der Waals surface area contributed by atoms with E-state index in [2.05, 4.69) is 10.3 Å². The highest BCUT2D eigenvalue weighted by molar-refractivity contribution is 5.78. The first-order chi connectivity index (χ1) is 17.5. The number of hydrogen-bond donors (Lipinski definition) is 2. The van der Waals surface area contributed by atoms with Crippen molar-refractivity contribution in [3.05, 3.63) is 23.9 Å². The van der Waals surface area contributed by atoms with Gasteiger partial charge < -0.3 is 24.8 Å². The normalized spacial score (nSPS) is 15.8. The van der Waals surface area contributed by atoms with E-state index < -0.39 is 41.4 Å². The number of carbonyl (C=O) groups excluding carboxylic acids is 2. The van der Waals surface area contributed by atoms with E-state index >= 15 is 0 Å². The van der Waals surface area contributed by atoms with Crippen LogP contribution in [0.3, 0.4) is 0 Å². The smallest absolute Gasteiger partial charge is 0.475 e. The summed E-state index contributed by atoms with van der Waals surface area (Å²) in [6.07, 6.45) is -5.61. The average molecular weight is 560 g/mol. The van der Waals surface area contributed by atoms with Crippen molar-refractivity contribution in [2.24, 2.45) is 0 Å². The summed E-state index contributed by atoms with van der Waals surface area (Å²) in [5.41, 5.74) is -1.91. The molecule has 0 bridgehead atoms. The largest absolute Gasteiger partial charge is 0.490 e. The van der Waals surface area contributed by atoms with Crippen molar-refractivity contribution in [1.82, 2.24) is 15.2 Å². The first-order valence-electron chi connectivity index (χ1n) is 11.7. The Kier molecular flexibility index (Phi) is 12.1. The van der Waals surface area contributed by atoms with Crippen LogP contribution in [0, 0.1) is 0 Å². The zero-order valence-electron chi connectivity index (χ0n) is 21.1. The van der Waals surface area contributed by atoms with Gasteiger partial charge in [0.2, 0.25) is 11.8 Å². The van der Waals surface area contributed by atoms with Crippen molar-refractivity contribution >= 4 is 18.0 Å². The summed E-state index contributed by atoms with van der Waals surface area (Å²) in [5.74, 6) is -3.61. The van der Waals surface area contributed by atoms with Crippen LogP contribution in [0.5, 0.6) is 5.88 Å². The Morgan fingerprint density at radius 1 is 1.18 bits per heavy atom. The number of pyridine rings is 1. The molecule has 9 nitrogen and oxygen atoms in total. The molecule has 1 aromatic heterocycles. The standard InChI is InChI=1S/C21H30F3N3O4.C2HF3O2/c1-4-5-12-30-19(29)27-11-7-8-15(27)13-17(28)26-20(2,3)14-31-18-16(21(22,23)24)9-6-10-25-18;3-2(4,5)1(6)7/h6,9-10,15H,4-5,7-8,11-14H2,1-3H3,(H,26,28);(H,6,7)/t15-;/m0./s1. The number of ether oxygens (including phenoxy) is 2. The maximum absolute atomic E-state index is 13.1. The Morgan fingerprint density at radius 2 is 1.82 bits per heavy atom. The lowest BCUT2D eigenvalue weighted by atomic mass is 10.1.